The van der Waals surface area contributed by atoms with Crippen molar-refractivity contribution in [3.05, 3.63) is 52.3 Å². The highest BCUT2D eigenvalue weighted by molar-refractivity contribution is 9.10. The van der Waals surface area contributed by atoms with Gasteiger partial charge in [-0.15, -0.1) is 0 Å². The summed E-state index contributed by atoms with van der Waals surface area (Å²) < 4.78 is 19.4. The summed E-state index contributed by atoms with van der Waals surface area (Å²) in [5, 5.41) is 2.69. The highest BCUT2D eigenvalue weighted by Gasteiger charge is 2.11. The van der Waals surface area contributed by atoms with Crippen LogP contribution < -0.4 is 15.8 Å². The maximum absolute atomic E-state index is 13.3. The van der Waals surface area contributed by atoms with Gasteiger partial charge in [-0.05, 0) is 53.2 Å². The summed E-state index contributed by atoms with van der Waals surface area (Å²) in [6.45, 7) is 2.35. The molecule has 0 spiro atoms. The SMILES string of the molecule is CCNC(=O)c1ccc(N)c(Oc2cc(F)ccc2Br)c1. The van der Waals surface area contributed by atoms with Crippen LogP contribution in [0.4, 0.5) is 10.1 Å². The maximum atomic E-state index is 13.3. The van der Waals surface area contributed by atoms with Crippen molar-refractivity contribution in [1.29, 1.82) is 0 Å². The van der Waals surface area contributed by atoms with Crippen LogP contribution in [-0.4, -0.2) is 12.5 Å². The normalized spacial score (nSPS) is 10.2. The average Bonchev–Trinajstić information content (AvgIpc) is 2.45. The number of hydrogen-bond acceptors (Lipinski definition) is 3. The van der Waals surface area contributed by atoms with Crippen molar-refractivity contribution in [2.75, 3.05) is 12.3 Å². The average molecular weight is 353 g/mol. The molecule has 0 aliphatic heterocycles. The molecule has 2 aromatic carbocycles. The monoisotopic (exact) mass is 352 g/mol. The first-order valence-corrected chi connectivity index (χ1v) is 7.11. The van der Waals surface area contributed by atoms with E-state index in [1.54, 1.807) is 12.1 Å². The summed E-state index contributed by atoms with van der Waals surface area (Å²) in [6, 6.07) is 8.79. The molecular formula is C15H14BrFN2O2. The summed E-state index contributed by atoms with van der Waals surface area (Å²) in [4.78, 5) is 11.8. The number of nitrogens with one attached hydrogen (secondary N) is 1. The first-order valence-electron chi connectivity index (χ1n) is 6.32. The number of benzene rings is 2. The van der Waals surface area contributed by atoms with Gasteiger partial charge in [-0.1, -0.05) is 0 Å². The van der Waals surface area contributed by atoms with Crippen molar-refractivity contribution < 1.29 is 13.9 Å². The smallest absolute Gasteiger partial charge is 0.251 e. The molecule has 0 atom stereocenters. The van der Waals surface area contributed by atoms with E-state index in [1.807, 2.05) is 6.92 Å². The molecule has 0 saturated heterocycles. The predicted octanol–water partition coefficient (Wildman–Crippen LogP) is 3.71. The Hall–Kier alpha value is -2.08. The van der Waals surface area contributed by atoms with Gasteiger partial charge in [0, 0.05) is 18.2 Å². The minimum Gasteiger partial charge on any atom is -0.454 e. The molecule has 4 nitrogen and oxygen atoms in total. The van der Waals surface area contributed by atoms with E-state index in [9.17, 15) is 9.18 Å². The zero-order chi connectivity index (χ0) is 15.4. The van der Waals surface area contributed by atoms with Crippen LogP contribution in [0.15, 0.2) is 40.9 Å². The van der Waals surface area contributed by atoms with Gasteiger partial charge in [0.05, 0.1) is 10.2 Å². The van der Waals surface area contributed by atoms with Crippen molar-refractivity contribution in [3.63, 3.8) is 0 Å². The zero-order valence-corrected chi connectivity index (χ0v) is 12.9. The molecule has 3 N–H and O–H groups in total. The standard InChI is InChI=1S/C15H14BrFN2O2/c1-2-19-15(20)9-3-6-12(18)14(7-9)21-13-8-10(17)4-5-11(13)16/h3-8H,2,18H2,1H3,(H,19,20). The Bertz CT molecular complexity index is 677. The van der Waals surface area contributed by atoms with E-state index in [4.69, 9.17) is 10.5 Å². The summed E-state index contributed by atoms with van der Waals surface area (Å²) in [6.07, 6.45) is 0. The molecule has 1 amide bonds. The van der Waals surface area contributed by atoms with E-state index in [1.165, 1.54) is 24.3 Å². The highest BCUT2D eigenvalue weighted by atomic mass is 79.9. The number of nitrogen functional groups attached to an aromatic ring is 1. The number of rotatable bonds is 4. The number of anilines is 1. The summed E-state index contributed by atoms with van der Waals surface area (Å²) in [7, 11) is 0. The van der Waals surface area contributed by atoms with Crippen molar-refractivity contribution in [2.45, 2.75) is 6.92 Å². The molecule has 0 radical (unpaired) electrons. The predicted molar refractivity (Wildman–Crippen MR) is 83.0 cm³/mol. The third-order valence-corrected chi connectivity index (χ3v) is 3.38. The maximum Gasteiger partial charge on any atom is 0.251 e. The van der Waals surface area contributed by atoms with Crippen LogP contribution in [0.3, 0.4) is 0 Å². The third kappa shape index (κ3) is 3.72. The number of nitrogens with two attached hydrogens (primary N) is 1. The molecule has 6 heteroatoms. The topological polar surface area (TPSA) is 64.4 Å². The van der Waals surface area contributed by atoms with Gasteiger partial charge in [-0.25, -0.2) is 4.39 Å². The number of halogens is 2. The van der Waals surface area contributed by atoms with E-state index in [-0.39, 0.29) is 11.7 Å². The minimum absolute atomic E-state index is 0.222. The van der Waals surface area contributed by atoms with E-state index >= 15 is 0 Å². The number of carbonyl (C=O) groups excluding carboxylic acids is 1. The van der Waals surface area contributed by atoms with Crippen molar-refractivity contribution in [1.82, 2.24) is 5.32 Å². The fourth-order valence-electron chi connectivity index (χ4n) is 1.70. The molecule has 2 rings (SSSR count). The summed E-state index contributed by atoms with van der Waals surface area (Å²) in [5.74, 6) is -0.0629. The molecule has 2 aromatic rings. The first-order chi connectivity index (χ1) is 10.0. The Morgan fingerprint density at radius 1 is 1.29 bits per heavy atom. The Kier molecular flexibility index (Phi) is 4.80. The van der Waals surface area contributed by atoms with Gasteiger partial charge in [0.25, 0.3) is 5.91 Å². The Balaban J connectivity index is 2.33. The number of ether oxygens (including phenoxy) is 1. The molecular weight excluding hydrogens is 339 g/mol. The number of carbonyl (C=O) groups is 1. The van der Waals surface area contributed by atoms with Crippen LogP contribution in [0, 0.1) is 5.82 Å². The molecule has 21 heavy (non-hydrogen) atoms. The zero-order valence-electron chi connectivity index (χ0n) is 11.3. The van der Waals surface area contributed by atoms with Gasteiger partial charge in [0.2, 0.25) is 0 Å². The van der Waals surface area contributed by atoms with E-state index in [0.717, 1.165) is 0 Å². The first kappa shape index (κ1) is 15.3. The lowest BCUT2D eigenvalue weighted by Crippen LogP contribution is -2.22. The fraction of sp³-hybridized carbons (Fsp3) is 0.133. The number of amides is 1. The van der Waals surface area contributed by atoms with E-state index in [2.05, 4.69) is 21.2 Å². The third-order valence-electron chi connectivity index (χ3n) is 2.73. The molecule has 0 unspecified atom stereocenters. The van der Waals surface area contributed by atoms with Crippen LogP contribution in [-0.2, 0) is 0 Å². The van der Waals surface area contributed by atoms with Crippen LogP contribution in [0.5, 0.6) is 11.5 Å². The molecule has 0 bridgehead atoms. The molecule has 110 valence electrons. The van der Waals surface area contributed by atoms with Crippen LogP contribution in [0.1, 0.15) is 17.3 Å². The lowest BCUT2D eigenvalue weighted by atomic mass is 10.1. The molecule has 0 heterocycles. The van der Waals surface area contributed by atoms with Crippen molar-refractivity contribution >= 4 is 27.5 Å². The fourth-order valence-corrected chi connectivity index (χ4v) is 2.03. The van der Waals surface area contributed by atoms with Crippen LogP contribution in [0.2, 0.25) is 0 Å². The summed E-state index contributed by atoms with van der Waals surface area (Å²) >= 11 is 3.27. The van der Waals surface area contributed by atoms with Gasteiger partial charge in [-0.2, -0.15) is 0 Å². The molecule has 0 saturated carbocycles. The Morgan fingerprint density at radius 3 is 2.76 bits per heavy atom. The molecule has 0 aliphatic rings. The second kappa shape index (κ2) is 6.58. The van der Waals surface area contributed by atoms with Gasteiger partial charge < -0.3 is 15.8 Å². The van der Waals surface area contributed by atoms with E-state index in [0.29, 0.717) is 28.0 Å². The van der Waals surface area contributed by atoms with E-state index < -0.39 is 5.82 Å². The van der Waals surface area contributed by atoms with Crippen molar-refractivity contribution in [3.8, 4) is 11.5 Å². The van der Waals surface area contributed by atoms with Crippen molar-refractivity contribution in [2.24, 2.45) is 0 Å². The number of hydrogen-bond donors (Lipinski definition) is 2. The quantitative estimate of drug-likeness (QED) is 0.824. The Labute approximate surface area is 130 Å². The molecule has 0 fully saturated rings. The van der Waals surface area contributed by atoms with Gasteiger partial charge >= 0.3 is 0 Å². The van der Waals surface area contributed by atoms with Gasteiger partial charge in [0.1, 0.15) is 11.6 Å². The molecule has 0 aliphatic carbocycles. The van der Waals surface area contributed by atoms with Crippen LogP contribution in [0.25, 0.3) is 0 Å². The summed E-state index contributed by atoms with van der Waals surface area (Å²) in [5.41, 5.74) is 6.62. The second-order valence-corrected chi connectivity index (χ2v) is 5.14. The van der Waals surface area contributed by atoms with Gasteiger partial charge in [0.15, 0.2) is 5.75 Å². The van der Waals surface area contributed by atoms with Crippen LogP contribution >= 0.6 is 15.9 Å². The Morgan fingerprint density at radius 2 is 2.05 bits per heavy atom. The highest BCUT2D eigenvalue weighted by Crippen LogP contribution is 2.33. The largest absolute Gasteiger partial charge is 0.454 e. The lowest BCUT2D eigenvalue weighted by molar-refractivity contribution is 0.0955. The second-order valence-electron chi connectivity index (χ2n) is 4.29. The lowest BCUT2D eigenvalue weighted by Gasteiger charge is -2.11. The minimum atomic E-state index is -0.424. The van der Waals surface area contributed by atoms with Gasteiger partial charge in [-0.3, -0.25) is 4.79 Å². The molecule has 0 aromatic heterocycles.